The van der Waals surface area contributed by atoms with E-state index >= 15 is 0 Å². The number of hydrogen-bond donors (Lipinski definition) is 0. The largest absolute Gasteiger partial charge is 0.462 e. The molecule has 340 valence electrons. The summed E-state index contributed by atoms with van der Waals surface area (Å²) in [6.07, 6.45) is 62.5. The lowest BCUT2D eigenvalue weighted by molar-refractivity contribution is -0.167. The molecule has 0 aliphatic carbocycles. The van der Waals surface area contributed by atoms with E-state index in [1.165, 1.54) is 51.4 Å². The smallest absolute Gasteiger partial charge is 0.306 e. The van der Waals surface area contributed by atoms with Crippen LogP contribution in [0.1, 0.15) is 207 Å². The Hall–Kier alpha value is -3.67. The van der Waals surface area contributed by atoms with Gasteiger partial charge in [-0.05, 0) is 96.3 Å². The summed E-state index contributed by atoms with van der Waals surface area (Å²) >= 11 is 0. The molecule has 0 aliphatic rings. The van der Waals surface area contributed by atoms with Crippen molar-refractivity contribution in [3.05, 3.63) is 97.2 Å². The van der Waals surface area contributed by atoms with E-state index in [2.05, 4.69) is 81.5 Å². The standard InChI is InChI=1S/C54H88O6/c1-4-7-10-13-16-19-22-25-26-27-30-32-35-38-41-44-47-53(56)59-50-51(60-54(57)48-45-42-39-36-33-29-24-21-18-15-12-9-6-3)49-58-52(55)46-43-40-37-34-31-28-23-20-17-14-11-8-5-2/h7,9-10,12,15-16,18-19,21,24-26,28-29,31,33,51H,4-6,8,11,13-14,17,20,22-23,27,30,32,34-50H2,1-3H3/b10-7+,12-9+,18-15+,19-16+,24-21+,26-25+,31-28+,33-29+. The highest BCUT2D eigenvalue weighted by Gasteiger charge is 2.19. The highest BCUT2D eigenvalue weighted by atomic mass is 16.6. The van der Waals surface area contributed by atoms with Gasteiger partial charge in [0.2, 0.25) is 0 Å². The molecule has 0 heterocycles. The molecule has 6 nitrogen and oxygen atoms in total. The zero-order chi connectivity index (χ0) is 43.7. The van der Waals surface area contributed by atoms with E-state index in [-0.39, 0.29) is 37.5 Å². The Morgan fingerprint density at radius 1 is 0.367 bits per heavy atom. The van der Waals surface area contributed by atoms with Crippen LogP contribution in [0.2, 0.25) is 0 Å². The second-order valence-electron chi connectivity index (χ2n) is 15.7. The van der Waals surface area contributed by atoms with Crippen LogP contribution < -0.4 is 0 Å². The molecule has 60 heavy (non-hydrogen) atoms. The summed E-state index contributed by atoms with van der Waals surface area (Å²) in [5.41, 5.74) is 0. The molecule has 0 N–H and O–H groups in total. The van der Waals surface area contributed by atoms with E-state index in [1.807, 2.05) is 36.5 Å². The van der Waals surface area contributed by atoms with Crippen molar-refractivity contribution < 1.29 is 28.6 Å². The summed E-state index contributed by atoms with van der Waals surface area (Å²) in [6, 6.07) is 0. The van der Waals surface area contributed by atoms with E-state index in [9.17, 15) is 14.4 Å². The van der Waals surface area contributed by atoms with Gasteiger partial charge in [-0.15, -0.1) is 0 Å². The molecule has 1 atom stereocenters. The van der Waals surface area contributed by atoms with Crippen molar-refractivity contribution in [2.75, 3.05) is 13.2 Å². The third-order valence-corrected chi connectivity index (χ3v) is 9.90. The Bertz CT molecular complexity index is 1230. The van der Waals surface area contributed by atoms with Crippen LogP contribution in [-0.4, -0.2) is 37.2 Å². The van der Waals surface area contributed by atoms with Crippen LogP contribution in [-0.2, 0) is 28.6 Å². The third-order valence-electron chi connectivity index (χ3n) is 9.90. The van der Waals surface area contributed by atoms with Crippen LogP contribution in [0.5, 0.6) is 0 Å². The highest BCUT2D eigenvalue weighted by Crippen LogP contribution is 2.13. The van der Waals surface area contributed by atoms with Gasteiger partial charge in [0.05, 0.1) is 0 Å². The van der Waals surface area contributed by atoms with Crippen LogP contribution in [0.15, 0.2) is 97.2 Å². The van der Waals surface area contributed by atoms with Gasteiger partial charge in [-0.3, -0.25) is 14.4 Å². The zero-order valence-corrected chi connectivity index (χ0v) is 38.7. The summed E-state index contributed by atoms with van der Waals surface area (Å²) in [4.78, 5) is 37.9. The minimum absolute atomic E-state index is 0.107. The van der Waals surface area contributed by atoms with Crippen molar-refractivity contribution >= 4 is 17.9 Å². The van der Waals surface area contributed by atoms with Crippen molar-refractivity contribution in [1.29, 1.82) is 0 Å². The van der Waals surface area contributed by atoms with Gasteiger partial charge in [0.1, 0.15) is 13.2 Å². The fourth-order valence-electron chi connectivity index (χ4n) is 6.28. The van der Waals surface area contributed by atoms with E-state index in [1.54, 1.807) is 0 Å². The molecule has 0 saturated heterocycles. The molecule has 0 aromatic carbocycles. The highest BCUT2D eigenvalue weighted by molar-refractivity contribution is 5.71. The van der Waals surface area contributed by atoms with Crippen molar-refractivity contribution in [2.24, 2.45) is 0 Å². The van der Waals surface area contributed by atoms with E-state index in [4.69, 9.17) is 14.2 Å². The molecule has 6 heteroatoms. The molecule has 0 aromatic heterocycles. The molecule has 0 aromatic rings. The molecule has 0 radical (unpaired) electrons. The Balaban J connectivity index is 4.49. The van der Waals surface area contributed by atoms with Gasteiger partial charge in [-0.2, -0.15) is 0 Å². The molecule has 0 rings (SSSR count). The van der Waals surface area contributed by atoms with Crippen LogP contribution in [0.4, 0.5) is 0 Å². The number of ether oxygens (including phenoxy) is 3. The summed E-state index contributed by atoms with van der Waals surface area (Å²) in [7, 11) is 0. The van der Waals surface area contributed by atoms with E-state index < -0.39 is 6.10 Å². The van der Waals surface area contributed by atoms with Gasteiger partial charge in [0.25, 0.3) is 0 Å². The zero-order valence-electron chi connectivity index (χ0n) is 38.7. The van der Waals surface area contributed by atoms with Crippen molar-refractivity contribution in [2.45, 2.75) is 213 Å². The van der Waals surface area contributed by atoms with Gasteiger partial charge < -0.3 is 14.2 Å². The number of allylic oxidation sites excluding steroid dienone is 16. The fourth-order valence-corrected chi connectivity index (χ4v) is 6.28. The van der Waals surface area contributed by atoms with Crippen LogP contribution >= 0.6 is 0 Å². The maximum Gasteiger partial charge on any atom is 0.306 e. The lowest BCUT2D eigenvalue weighted by Gasteiger charge is -2.18. The first-order valence-corrected chi connectivity index (χ1v) is 24.3. The number of esters is 3. The van der Waals surface area contributed by atoms with Gasteiger partial charge in [-0.1, -0.05) is 189 Å². The Kier molecular flexibility index (Phi) is 45.1. The molecule has 0 aliphatic heterocycles. The number of carbonyl (C=O) groups is 3. The van der Waals surface area contributed by atoms with E-state index in [0.29, 0.717) is 19.3 Å². The quantitative estimate of drug-likeness (QED) is 0.0200. The summed E-state index contributed by atoms with van der Waals surface area (Å²) in [6.45, 7) is 6.30. The monoisotopic (exact) mass is 833 g/mol. The Labute approximate surface area is 368 Å². The van der Waals surface area contributed by atoms with Gasteiger partial charge in [0.15, 0.2) is 6.10 Å². The first kappa shape index (κ1) is 56.3. The lowest BCUT2D eigenvalue weighted by atomic mass is 10.1. The molecule has 0 bridgehead atoms. The Morgan fingerprint density at radius 2 is 0.733 bits per heavy atom. The van der Waals surface area contributed by atoms with Crippen molar-refractivity contribution in [1.82, 2.24) is 0 Å². The number of carbonyl (C=O) groups excluding carboxylic acids is 3. The molecule has 0 saturated carbocycles. The third kappa shape index (κ3) is 45.4. The van der Waals surface area contributed by atoms with Crippen LogP contribution in [0.3, 0.4) is 0 Å². The molecule has 1 unspecified atom stereocenters. The summed E-state index contributed by atoms with van der Waals surface area (Å²) < 4.78 is 16.7. The average molecular weight is 833 g/mol. The predicted molar refractivity (Wildman–Crippen MR) is 256 cm³/mol. The van der Waals surface area contributed by atoms with Crippen LogP contribution in [0.25, 0.3) is 0 Å². The summed E-state index contributed by atoms with van der Waals surface area (Å²) in [5.74, 6) is -0.981. The van der Waals surface area contributed by atoms with Gasteiger partial charge in [0, 0.05) is 19.3 Å². The maximum absolute atomic E-state index is 12.7. The molecule has 0 spiro atoms. The second kappa shape index (κ2) is 48.0. The van der Waals surface area contributed by atoms with E-state index in [0.717, 1.165) is 109 Å². The second-order valence-corrected chi connectivity index (χ2v) is 15.7. The minimum Gasteiger partial charge on any atom is -0.462 e. The number of rotatable bonds is 42. The minimum atomic E-state index is -0.809. The van der Waals surface area contributed by atoms with Crippen LogP contribution in [0, 0.1) is 0 Å². The normalized spacial score (nSPS) is 12.9. The first-order valence-electron chi connectivity index (χ1n) is 24.3. The molecule has 0 amide bonds. The lowest BCUT2D eigenvalue weighted by Crippen LogP contribution is -2.30. The average Bonchev–Trinajstić information content (AvgIpc) is 3.24. The molecular weight excluding hydrogens is 745 g/mol. The summed E-state index contributed by atoms with van der Waals surface area (Å²) in [5, 5.41) is 0. The number of hydrogen-bond acceptors (Lipinski definition) is 6. The maximum atomic E-state index is 12.7. The molecular formula is C54H88O6. The first-order chi connectivity index (χ1) is 29.5. The predicted octanol–water partition coefficient (Wildman–Crippen LogP) is 15.8. The SMILES string of the molecule is CC/C=C/C=C/C=C/C=C/CCCCCC(=O)OC(COC(=O)CCCCC/C=C/CCCCCCCC)COC(=O)CCCCCCCC/C=C/C/C=C/C/C=C/CC. The van der Waals surface area contributed by atoms with Crippen molar-refractivity contribution in [3.8, 4) is 0 Å². The van der Waals surface area contributed by atoms with Gasteiger partial charge in [-0.25, -0.2) is 0 Å². The van der Waals surface area contributed by atoms with Crippen molar-refractivity contribution in [3.63, 3.8) is 0 Å². The topological polar surface area (TPSA) is 78.9 Å². The fraction of sp³-hybridized carbons (Fsp3) is 0.648. The Morgan fingerprint density at radius 3 is 1.25 bits per heavy atom. The number of unbranched alkanes of at least 4 members (excludes halogenated alkanes) is 18. The van der Waals surface area contributed by atoms with Gasteiger partial charge >= 0.3 is 17.9 Å². The molecule has 0 fully saturated rings.